The molecular weight excluding hydrogens is 420 g/mol. The van der Waals surface area contributed by atoms with E-state index in [1.807, 2.05) is 0 Å². The van der Waals surface area contributed by atoms with Crippen LogP contribution in [0.15, 0.2) is 15.3 Å². The van der Waals surface area contributed by atoms with Crippen molar-refractivity contribution in [3.8, 4) is 0 Å². The number of aliphatic hydroxyl groups excluding tert-OH is 3. The number of alkyl carbamates (subject to hydrolysis) is 1. The van der Waals surface area contributed by atoms with E-state index in [1.54, 1.807) is 6.92 Å². The number of azide groups is 3. The zero-order valence-electron chi connectivity index (χ0n) is 16.1. The minimum atomic E-state index is -1.66. The van der Waals surface area contributed by atoms with Gasteiger partial charge in [-0.15, -0.1) is 0 Å². The second-order valence-electron chi connectivity index (χ2n) is 7.32. The molecule has 3 fully saturated rings. The maximum Gasteiger partial charge on any atom is 0.407 e. The number of hydrogen-bond acceptors (Lipinski definition) is 10. The van der Waals surface area contributed by atoms with Crippen LogP contribution in [-0.2, 0) is 14.2 Å². The van der Waals surface area contributed by atoms with E-state index >= 15 is 0 Å². The maximum absolute atomic E-state index is 11.6. The zero-order valence-corrected chi connectivity index (χ0v) is 16.1. The van der Waals surface area contributed by atoms with Crippen LogP contribution in [0.1, 0.15) is 13.3 Å². The largest absolute Gasteiger partial charge is 0.441 e. The lowest BCUT2D eigenvalue weighted by atomic mass is 9.84. The number of aliphatic hydroxyl groups is 3. The fraction of sp³-hybridized carbons (Fsp3) is 0.929. The minimum Gasteiger partial charge on any atom is -0.441 e. The molecule has 11 atom stereocenters. The summed E-state index contributed by atoms with van der Waals surface area (Å²) in [4.78, 5) is 19.6. The first-order valence-corrected chi connectivity index (χ1v) is 9.27. The van der Waals surface area contributed by atoms with Crippen LogP contribution in [0.5, 0.6) is 0 Å². The van der Waals surface area contributed by atoms with E-state index in [9.17, 15) is 20.1 Å². The number of fused-ring (bicyclic) bond motifs is 1. The molecule has 5 unspecified atom stereocenters. The van der Waals surface area contributed by atoms with Crippen LogP contribution in [0.2, 0.25) is 0 Å². The van der Waals surface area contributed by atoms with Crippen molar-refractivity contribution in [1.82, 2.24) is 5.32 Å². The Bertz CT molecular complexity index is 841. The second kappa shape index (κ2) is 9.43. The van der Waals surface area contributed by atoms with Crippen LogP contribution in [0.25, 0.3) is 31.3 Å². The molecule has 0 aromatic rings. The molecule has 31 heavy (non-hydrogen) atoms. The first kappa shape index (κ1) is 22.7. The molecule has 2 aliphatic heterocycles. The summed E-state index contributed by atoms with van der Waals surface area (Å²) in [6.45, 7) is 1.60. The molecule has 0 aromatic carbocycles. The molecular formula is C14H20N10O7. The molecule has 1 aliphatic carbocycles. The number of amides is 1. The van der Waals surface area contributed by atoms with E-state index in [2.05, 4.69) is 35.4 Å². The summed E-state index contributed by atoms with van der Waals surface area (Å²) in [7, 11) is 0. The van der Waals surface area contributed by atoms with Gasteiger partial charge >= 0.3 is 6.09 Å². The Morgan fingerprint density at radius 2 is 1.65 bits per heavy atom. The van der Waals surface area contributed by atoms with Crippen molar-refractivity contribution in [2.75, 3.05) is 0 Å². The molecule has 17 heteroatoms. The van der Waals surface area contributed by atoms with E-state index in [4.69, 9.17) is 30.8 Å². The van der Waals surface area contributed by atoms with Gasteiger partial charge in [0.2, 0.25) is 0 Å². The van der Waals surface area contributed by atoms with Gasteiger partial charge in [0, 0.05) is 14.7 Å². The number of carbonyl (C=O) groups excluding carboxylic acids is 1. The lowest BCUT2D eigenvalue weighted by Gasteiger charge is -2.48. The summed E-state index contributed by atoms with van der Waals surface area (Å²) in [6, 6.07) is -4.16. The number of nitrogens with zero attached hydrogens (tertiary/aromatic N) is 9. The van der Waals surface area contributed by atoms with Crippen LogP contribution >= 0.6 is 0 Å². The Labute approximate surface area is 173 Å². The second-order valence-corrected chi connectivity index (χ2v) is 7.32. The summed E-state index contributed by atoms with van der Waals surface area (Å²) in [5, 5.41) is 44.3. The number of rotatable bonds is 5. The van der Waals surface area contributed by atoms with Gasteiger partial charge in [0.1, 0.15) is 24.4 Å². The Hall–Kier alpha value is -3.00. The first-order chi connectivity index (χ1) is 14.8. The van der Waals surface area contributed by atoms with Crippen molar-refractivity contribution in [3.05, 3.63) is 31.3 Å². The fourth-order valence-corrected chi connectivity index (χ4v) is 3.98. The highest BCUT2D eigenvalue weighted by atomic mass is 16.7. The molecule has 3 rings (SSSR count). The summed E-state index contributed by atoms with van der Waals surface area (Å²) in [5.41, 5.74) is 26.4. The Morgan fingerprint density at radius 3 is 2.29 bits per heavy atom. The number of ether oxygens (including phenoxy) is 3. The average molecular weight is 440 g/mol. The van der Waals surface area contributed by atoms with Gasteiger partial charge in [-0.25, -0.2) is 4.79 Å². The topological polar surface area (TPSA) is 264 Å². The standard InChI is InChI=1S/C14H20N10O7/c1-3-10-12(31-14(28)18-3)8(26)6(21-24-17)13(29-10)30-11-5(20-23-16)2-4(19-22-15)7(25)9(11)27/h3-13,25-27H,2H2,1H3,(H,18,28)/t3?,4-,5?,6?,7-,8-,9?,10?,11-,12+,13-/m1/s1. The number of hydrogen-bond donors (Lipinski definition) is 4. The SMILES string of the molecule is CC1NC(=O)O[C@@H]2C1O[C@H](O[C@@H]1C(N=[N+]=[N-])C[C@@H](N=[N+]=[N-])[C@@H](O)C1O)C(N=[N+]=[N-])[C@H]2O. The molecule has 1 saturated carbocycles. The van der Waals surface area contributed by atoms with Crippen LogP contribution in [0, 0.1) is 0 Å². The van der Waals surface area contributed by atoms with Gasteiger partial charge in [-0.2, -0.15) is 0 Å². The molecule has 0 bridgehead atoms. The summed E-state index contributed by atoms with van der Waals surface area (Å²) < 4.78 is 16.6. The van der Waals surface area contributed by atoms with Gasteiger partial charge in [-0.05, 0) is 29.9 Å². The highest BCUT2D eigenvalue weighted by Gasteiger charge is 2.54. The number of nitrogens with one attached hydrogen (secondary N) is 1. The Balaban J connectivity index is 1.88. The van der Waals surface area contributed by atoms with Gasteiger partial charge in [-0.1, -0.05) is 15.3 Å². The van der Waals surface area contributed by atoms with E-state index in [0.29, 0.717) is 0 Å². The zero-order chi connectivity index (χ0) is 22.7. The van der Waals surface area contributed by atoms with Crippen LogP contribution in [-0.4, -0.2) is 88.5 Å². The van der Waals surface area contributed by atoms with Crippen molar-refractivity contribution in [2.45, 2.75) is 80.4 Å². The molecule has 0 spiro atoms. The van der Waals surface area contributed by atoms with E-state index in [-0.39, 0.29) is 6.42 Å². The number of carbonyl (C=O) groups is 1. The molecule has 17 nitrogen and oxygen atoms in total. The van der Waals surface area contributed by atoms with Gasteiger partial charge in [-0.3, -0.25) is 0 Å². The van der Waals surface area contributed by atoms with Crippen LogP contribution < -0.4 is 5.32 Å². The molecule has 2 heterocycles. The highest BCUT2D eigenvalue weighted by molar-refractivity contribution is 5.69. The lowest BCUT2D eigenvalue weighted by molar-refractivity contribution is -0.296. The molecule has 1 amide bonds. The quantitative estimate of drug-likeness (QED) is 0.260. The van der Waals surface area contributed by atoms with Gasteiger partial charge in [0.25, 0.3) is 0 Å². The van der Waals surface area contributed by atoms with Crippen molar-refractivity contribution in [1.29, 1.82) is 0 Å². The molecule has 0 radical (unpaired) electrons. The average Bonchev–Trinajstić information content (AvgIpc) is 2.72. The van der Waals surface area contributed by atoms with Crippen molar-refractivity contribution in [3.63, 3.8) is 0 Å². The third-order valence-corrected chi connectivity index (χ3v) is 5.48. The van der Waals surface area contributed by atoms with Gasteiger partial charge in [0.05, 0.1) is 30.3 Å². The third kappa shape index (κ3) is 4.39. The predicted octanol–water partition coefficient (Wildman–Crippen LogP) is 0.116. The Kier molecular flexibility index (Phi) is 6.90. The molecule has 2 saturated heterocycles. The molecule has 0 aromatic heterocycles. The summed E-state index contributed by atoms with van der Waals surface area (Å²) >= 11 is 0. The molecule has 3 aliphatic rings. The van der Waals surface area contributed by atoms with Crippen molar-refractivity contribution >= 4 is 6.09 Å². The van der Waals surface area contributed by atoms with Crippen LogP contribution in [0.3, 0.4) is 0 Å². The van der Waals surface area contributed by atoms with Gasteiger partial charge in [0.15, 0.2) is 12.4 Å². The summed E-state index contributed by atoms with van der Waals surface area (Å²) in [6.07, 6.45) is -10.5. The predicted molar refractivity (Wildman–Crippen MR) is 97.8 cm³/mol. The highest BCUT2D eigenvalue weighted by Crippen LogP contribution is 2.34. The molecule has 168 valence electrons. The van der Waals surface area contributed by atoms with Crippen LogP contribution in [0.4, 0.5) is 4.79 Å². The van der Waals surface area contributed by atoms with E-state index < -0.39 is 73.2 Å². The summed E-state index contributed by atoms with van der Waals surface area (Å²) in [5.74, 6) is 0. The van der Waals surface area contributed by atoms with Crippen molar-refractivity contribution in [2.24, 2.45) is 15.3 Å². The fourth-order valence-electron chi connectivity index (χ4n) is 3.98. The minimum absolute atomic E-state index is 0.139. The smallest absolute Gasteiger partial charge is 0.407 e. The van der Waals surface area contributed by atoms with E-state index in [0.717, 1.165) is 0 Å². The first-order valence-electron chi connectivity index (χ1n) is 9.27. The van der Waals surface area contributed by atoms with Gasteiger partial charge < -0.3 is 34.8 Å². The molecule has 4 N–H and O–H groups in total. The monoisotopic (exact) mass is 440 g/mol. The lowest BCUT2D eigenvalue weighted by Crippen LogP contribution is -2.68. The third-order valence-electron chi connectivity index (χ3n) is 5.48. The normalized spacial score (nSPS) is 44.3. The Morgan fingerprint density at radius 1 is 1.00 bits per heavy atom. The maximum atomic E-state index is 11.6. The van der Waals surface area contributed by atoms with Crippen molar-refractivity contribution < 1.29 is 34.3 Å². The van der Waals surface area contributed by atoms with E-state index in [1.165, 1.54) is 0 Å².